The maximum absolute atomic E-state index is 12.5. The van der Waals surface area contributed by atoms with Crippen LogP contribution < -0.4 is 10.6 Å². The van der Waals surface area contributed by atoms with Crippen LogP contribution in [0.5, 0.6) is 0 Å². The molecule has 0 saturated heterocycles. The molecule has 0 amide bonds. The van der Waals surface area contributed by atoms with Crippen molar-refractivity contribution < 1.29 is 9.53 Å². The van der Waals surface area contributed by atoms with E-state index in [9.17, 15) is 4.79 Å². The molecule has 1 aromatic carbocycles. The van der Waals surface area contributed by atoms with Gasteiger partial charge in [-0.1, -0.05) is 45.4 Å². The van der Waals surface area contributed by atoms with E-state index in [2.05, 4.69) is 37.5 Å². The highest BCUT2D eigenvalue weighted by molar-refractivity contribution is 7.80. The molecule has 150 valence electrons. The van der Waals surface area contributed by atoms with Gasteiger partial charge in [0.05, 0.1) is 12.7 Å². The third kappa shape index (κ3) is 4.55. The molecule has 0 bridgehead atoms. The van der Waals surface area contributed by atoms with Crippen molar-refractivity contribution in [2.75, 3.05) is 17.7 Å². The van der Waals surface area contributed by atoms with Crippen LogP contribution in [0.15, 0.2) is 24.3 Å². The number of hydrogen-bond acceptors (Lipinski definition) is 4. The largest absolute Gasteiger partial charge is 0.465 e. The molecular weight excluding hydrogens is 388 g/mol. The Hall–Kier alpha value is -1.92. The van der Waals surface area contributed by atoms with Crippen LogP contribution in [-0.4, -0.2) is 18.2 Å². The smallest absolute Gasteiger partial charge is 0.341 e. The predicted molar refractivity (Wildman–Crippen MR) is 122 cm³/mol. The van der Waals surface area contributed by atoms with Crippen LogP contribution in [0, 0.1) is 0 Å². The molecule has 0 saturated carbocycles. The molecule has 1 aromatic heterocycles. The standard InChI is InChI=1S/C22H28N2O2S2/c1-22(2,3)15-11-8-9-12-16(15)23-21(27)24-19-18(20(25)26-4)14-10-6-5-7-13-17(14)28-19/h8-9,11-12H,5-7,10,13H2,1-4H3,(H2,23,24,27). The number of fused-ring (bicyclic) bond motifs is 1. The number of benzene rings is 1. The van der Waals surface area contributed by atoms with Crippen LogP contribution in [0.1, 0.15) is 66.4 Å². The van der Waals surface area contributed by atoms with Gasteiger partial charge in [-0.2, -0.15) is 0 Å². The number of ether oxygens (including phenoxy) is 1. The van der Waals surface area contributed by atoms with Crippen LogP contribution in [-0.2, 0) is 23.0 Å². The third-order valence-corrected chi connectivity index (χ3v) is 6.43. The first-order chi connectivity index (χ1) is 13.3. The number of thiophene rings is 1. The molecule has 1 aliphatic carbocycles. The van der Waals surface area contributed by atoms with Gasteiger partial charge in [-0.3, -0.25) is 0 Å². The quantitative estimate of drug-likeness (QED) is 0.370. The van der Waals surface area contributed by atoms with Crippen molar-refractivity contribution in [1.29, 1.82) is 0 Å². The van der Waals surface area contributed by atoms with E-state index in [1.807, 2.05) is 18.2 Å². The highest BCUT2D eigenvalue weighted by atomic mass is 32.1. The summed E-state index contributed by atoms with van der Waals surface area (Å²) in [6, 6.07) is 8.17. The maximum atomic E-state index is 12.5. The van der Waals surface area contributed by atoms with Gasteiger partial charge in [0.15, 0.2) is 5.11 Å². The van der Waals surface area contributed by atoms with Crippen LogP contribution in [0.2, 0.25) is 0 Å². The Kier molecular flexibility index (Phi) is 6.40. The number of aryl methyl sites for hydroxylation is 1. The Balaban J connectivity index is 1.86. The van der Waals surface area contributed by atoms with Crippen molar-refractivity contribution in [3.8, 4) is 0 Å². The minimum atomic E-state index is -0.292. The number of para-hydroxylation sites is 1. The molecule has 4 nitrogen and oxygen atoms in total. The Morgan fingerprint density at radius 2 is 1.82 bits per heavy atom. The molecule has 2 aromatic rings. The zero-order chi connectivity index (χ0) is 20.3. The minimum absolute atomic E-state index is 0.00332. The number of hydrogen-bond donors (Lipinski definition) is 2. The fourth-order valence-electron chi connectivity index (χ4n) is 3.65. The summed E-state index contributed by atoms with van der Waals surface area (Å²) in [7, 11) is 1.43. The lowest BCUT2D eigenvalue weighted by Gasteiger charge is -2.23. The second-order valence-electron chi connectivity index (χ2n) is 8.13. The van der Waals surface area contributed by atoms with E-state index in [0.29, 0.717) is 10.7 Å². The lowest BCUT2D eigenvalue weighted by Crippen LogP contribution is -2.23. The minimum Gasteiger partial charge on any atom is -0.465 e. The predicted octanol–water partition coefficient (Wildman–Crippen LogP) is 5.91. The highest BCUT2D eigenvalue weighted by Gasteiger charge is 2.26. The molecule has 3 rings (SSSR count). The van der Waals surface area contributed by atoms with Crippen molar-refractivity contribution in [1.82, 2.24) is 0 Å². The van der Waals surface area contributed by atoms with Gasteiger partial charge in [-0.05, 0) is 60.5 Å². The van der Waals surface area contributed by atoms with Crippen LogP contribution >= 0.6 is 23.6 Å². The molecule has 2 N–H and O–H groups in total. The van der Waals surface area contributed by atoms with Crippen molar-refractivity contribution in [3.05, 3.63) is 45.8 Å². The number of carbonyl (C=O) groups is 1. The fraction of sp³-hybridized carbons (Fsp3) is 0.455. The highest BCUT2D eigenvalue weighted by Crippen LogP contribution is 2.38. The number of methoxy groups -OCH3 is 1. The molecule has 0 aliphatic heterocycles. The number of nitrogens with one attached hydrogen (secondary N) is 2. The van der Waals surface area contributed by atoms with E-state index < -0.39 is 0 Å². The summed E-state index contributed by atoms with van der Waals surface area (Å²) in [5, 5.41) is 7.85. The summed E-state index contributed by atoms with van der Waals surface area (Å²) < 4.78 is 5.07. The molecule has 0 spiro atoms. The molecular formula is C22H28N2O2S2. The maximum Gasteiger partial charge on any atom is 0.341 e. The third-order valence-electron chi connectivity index (χ3n) is 5.02. The van der Waals surface area contributed by atoms with Crippen molar-refractivity contribution in [3.63, 3.8) is 0 Å². The Morgan fingerprint density at radius 1 is 1.11 bits per heavy atom. The lowest BCUT2D eigenvalue weighted by atomic mass is 9.86. The summed E-state index contributed by atoms with van der Waals surface area (Å²) >= 11 is 7.21. The Morgan fingerprint density at radius 3 is 2.54 bits per heavy atom. The first-order valence-corrected chi connectivity index (χ1v) is 10.9. The summed E-state index contributed by atoms with van der Waals surface area (Å²) in [5.41, 5.74) is 3.95. The van der Waals surface area contributed by atoms with E-state index in [4.69, 9.17) is 17.0 Å². The molecule has 0 fully saturated rings. The number of thiocarbonyl (C=S) groups is 1. The van der Waals surface area contributed by atoms with Gasteiger partial charge in [0.25, 0.3) is 0 Å². The van der Waals surface area contributed by atoms with Gasteiger partial charge in [-0.25, -0.2) is 4.79 Å². The zero-order valence-electron chi connectivity index (χ0n) is 17.0. The molecule has 0 atom stereocenters. The summed E-state index contributed by atoms with van der Waals surface area (Å²) in [6.07, 6.45) is 5.40. The van der Waals surface area contributed by atoms with Crippen molar-refractivity contribution in [2.45, 2.75) is 58.3 Å². The number of esters is 1. The van der Waals surface area contributed by atoms with Gasteiger partial charge in [0.2, 0.25) is 0 Å². The van der Waals surface area contributed by atoms with Gasteiger partial charge in [0.1, 0.15) is 5.00 Å². The first-order valence-electron chi connectivity index (χ1n) is 9.71. The Bertz CT molecular complexity index is 881. The lowest BCUT2D eigenvalue weighted by molar-refractivity contribution is 0.0601. The van der Waals surface area contributed by atoms with Crippen LogP contribution in [0.25, 0.3) is 0 Å². The summed E-state index contributed by atoms with van der Waals surface area (Å²) in [5.74, 6) is -0.292. The van der Waals surface area contributed by atoms with Gasteiger partial charge in [0, 0.05) is 10.6 Å². The van der Waals surface area contributed by atoms with E-state index in [-0.39, 0.29) is 11.4 Å². The molecule has 0 unspecified atom stereocenters. The zero-order valence-corrected chi connectivity index (χ0v) is 18.6. The average Bonchev–Trinajstić information content (AvgIpc) is 2.81. The van der Waals surface area contributed by atoms with E-state index in [0.717, 1.165) is 41.9 Å². The molecule has 28 heavy (non-hydrogen) atoms. The van der Waals surface area contributed by atoms with E-state index in [1.165, 1.54) is 24.0 Å². The fourth-order valence-corrected chi connectivity index (χ4v) is 5.21. The monoisotopic (exact) mass is 416 g/mol. The van der Waals surface area contributed by atoms with Gasteiger partial charge in [-0.15, -0.1) is 11.3 Å². The molecule has 6 heteroatoms. The van der Waals surface area contributed by atoms with Crippen molar-refractivity contribution >= 4 is 45.3 Å². The van der Waals surface area contributed by atoms with Gasteiger partial charge >= 0.3 is 5.97 Å². The average molecular weight is 417 g/mol. The normalized spacial score (nSPS) is 14.0. The van der Waals surface area contributed by atoms with E-state index in [1.54, 1.807) is 11.3 Å². The number of rotatable bonds is 3. The first kappa shape index (κ1) is 20.8. The molecule has 1 heterocycles. The van der Waals surface area contributed by atoms with E-state index >= 15 is 0 Å². The molecule has 1 aliphatic rings. The van der Waals surface area contributed by atoms with Crippen LogP contribution in [0.3, 0.4) is 0 Å². The Labute approximate surface area is 176 Å². The summed E-state index contributed by atoms with van der Waals surface area (Å²) in [4.78, 5) is 13.8. The van der Waals surface area contributed by atoms with Gasteiger partial charge < -0.3 is 15.4 Å². The second-order valence-corrected chi connectivity index (χ2v) is 9.65. The molecule has 0 radical (unpaired) electrons. The van der Waals surface area contributed by atoms with Crippen molar-refractivity contribution in [2.24, 2.45) is 0 Å². The van der Waals surface area contributed by atoms with Crippen LogP contribution in [0.4, 0.5) is 10.7 Å². The second kappa shape index (κ2) is 8.62. The topological polar surface area (TPSA) is 50.4 Å². The SMILES string of the molecule is COC(=O)c1c(NC(=S)Nc2ccccc2C(C)(C)C)sc2c1CCCCC2. The number of anilines is 2. The number of carbonyl (C=O) groups excluding carboxylic acids is 1. The summed E-state index contributed by atoms with van der Waals surface area (Å²) in [6.45, 7) is 6.53.